The second-order valence-electron chi connectivity index (χ2n) is 6.91. The van der Waals surface area contributed by atoms with Crippen LogP contribution in [-0.4, -0.2) is 41.1 Å². The van der Waals surface area contributed by atoms with E-state index in [1.807, 2.05) is 55.3 Å². The average Bonchev–Trinajstić information content (AvgIpc) is 2.71. The van der Waals surface area contributed by atoms with Gasteiger partial charge in [-0.15, -0.1) is 0 Å². The molecule has 27 heavy (non-hydrogen) atoms. The van der Waals surface area contributed by atoms with Crippen LogP contribution in [0.1, 0.15) is 43.4 Å². The van der Waals surface area contributed by atoms with Crippen molar-refractivity contribution in [3.63, 3.8) is 0 Å². The Kier molecular flexibility index (Phi) is 6.16. The highest BCUT2D eigenvalue weighted by Gasteiger charge is 2.25. The third-order valence-electron chi connectivity index (χ3n) is 5.07. The van der Waals surface area contributed by atoms with Crippen molar-refractivity contribution in [1.82, 2.24) is 9.88 Å². The van der Waals surface area contributed by atoms with Gasteiger partial charge in [-0.05, 0) is 56.2 Å². The van der Waals surface area contributed by atoms with Crippen LogP contribution in [0, 0.1) is 6.92 Å². The van der Waals surface area contributed by atoms with E-state index in [1.54, 1.807) is 7.11 Å². The third-order valence-corrected chi connectivity index (χ3v) is 5.07. The van der Waals surface area contributed by atoms with Crippen LogP contribution in [0.3, 0.4) is 0 Å². The Morgan fingerprint density at radius 1 is 1.07 bits per heavy atom. The molecule has 0 saturated heterocycles. The minimum atomic E-state index is 0.361. The number of oxime groups is 1. The van der Waals surface area contributed by atoms with Crippen LogP contribution in [0.15, 0.2) is 41.6 Å². The van der Waals surface area contributed by atoms with Gasteiger partial charge in [0.25, 0.3) is 0 Å². The zero-order chi connectivity index (χ0) is 19.2. The first kappa shape index (κ1) is 19.0. The van der Waals surface area contributed by atoms with Crippen molar-refractivity contribution in [3.05, 3.63) is 47.7 Å². The van der Waals surface area contributed by atoms with E-state index in [9.17, 15) is 5.21 Å². The van der Waals surface area contributed by atoms with Gasteiger partial charge >= 0.3 is 0 Å². The number of rotatable bonds is 5. The number of aryl methyl sites for hydroxylation is 1. The molecule has 0 spiro atoms. The number of benzene rings is 1. The lowest BCUT2D eigenvalue weighted by Crippen LogP contribution is -2.39. The summed E-state index contributed by atoms with van der Waals surface area (Å²) in [5.74, 6) is 2.32. The fraction of sp³-hybridized carbons (Fsp3) is 0.429. The number of methoxy groups -OCH3 is 1. The number of hydrogen-bond acceptors (Lipinski definition) is 5. The van der Waals surface area contributed by atoms with Crippen LogP contribution in [0.2, 0.25) is 0 Å². The number of nitrogens with zero attached hydrogens (tertiary/aromatic N) is 3. The van der Waals surface area contributed by atoms with E-state index < -0.39 is 0 Å². The fourth-order valence-electron chi connectivity index (χ4n) is 3.49. The monoisotopic (exact) mass is 369 g/mol. The van der Waals surface area contributed by atoms with Crippen molar-refractivity contribution < 1.29 is 14.7 Å². The van der Waals surface area contributed by atoms with Gasteiger partial charge in [-0.1, -0.05) is 24.4 Å². The molecule has 3 rings (SSSR count). The molecule has 0 aliphatic heterocycles. The number of ether oxygens (including phenoxy) is 2. The Hall–Kier alpha value is -2.76. The number of hydrogen-bond donors (Lipinski definition) is 1. The smallest absolute Gasteiger partial charge is 0.230 e. The molecule has 1 N–H and O–H groups in total. The summed E-state index contributed by atoms with van der Waals surface area (Å²) in [6, 6.07) is 11.5. The van der Waals surface area contributed by atoms with Crippen LogP contribution in [0.5, 0.6) is 17.4 Å². The van der Waals surface area contributed by atoms with Crippen molar-refractivity contribution >= 4 is 5.84 Å². The quantitative estimate of drug-likeness (QED) is 0.361. The lowest BCUT2D eigenvalue weighted by Gasteiger charge is -2.33. The molecule has 6 nitrogen and oxygen atoms in total. The largest absolute Gasteiger partial charge is 0.497 e. The topological polar surface area (TPSA) is 67.2 Å². The van der Waals surface area contributed by atoms with E-state index in [0.717, 1.165) is 24.3 Å². The molecule has 1 fully saturated rings. The molecule has 1 saturated carbocycles. The molecule has 1 heterocycles. The summed E-state index contributed by atoms with van der Waals surface area (Å²) in [6.45, 7) is 1.91. The zero-order valence-electron chi connectivity index (χ0n) is 16.2. The summed E-state index contributed by atoms with van der Waals surface area (Å²) in [7, 11) is 3.60. The minimum absolute atomic E-state index is 0.361. The average molecular weight is 369 g/mol. The molecule has 2 aromatic rings. The Morgan fingerprint density at radius 2 is 1.74 bits per heavy atom. The first-order chi connectivity index (χ1) is 13.1. The van der Waals surface area contributed by atoms with Gasteiger partial charge in [0.2, 0.25) is 5.88 Å². The van der Waals surface area contributed by atoms with Gasteiger partial charge in [-0.2, -0.15) is 0 Å². The Labute approximate surface area is 160 Å². The van der Waals surface area contributed by atoms with Crippen molar-refractivity contribution in [2.24, 2.45) is 5.16 Å². The number of pyridine rings is 1. The Balaban J connectivity index is 1.89. The minimum Gasteiger partial charge on any atom is -0.497 e. The SMILES string of the molecule is COc1ccc(Oc2nc(C)ccc2/C(=N/O)N(C)C2CCCCC2)cc1. The highest BCUT2D eigenvalue weighted by atomic mass is 16.5. The van der Waals surface area contributed by atoms with E-state index in [-0.39, 0.29) is 0 Å². The van der Waals surface area contributed by atoms with Gasteiger partial charge < -0.3 is 19.6 Å². The summed E-state index contributed by atoms with van der Waals surface area (Å²) in [5.41, 5.74) is 1.51. The fourth-order valence-corrected chi connectivity index (χ4v) is 3.49. The third kappa shape index (κ3) is 4.51. The molecule has 0 amide bonds. The van der Waals surface area contributed by atoms with Gasteiger partial charge in [0.1, 0.15) is 11.5 Å². The van der Waals surface area contributed by atoms with Crippen molar-refractivity contribution in [1.29, 1.82) is 0 Å². The Bertz CT molecular complexity index is 784. The molecule has 0 unspecified atom stereocenters. The first-order valence-electron chi connectivity index (χ1n) is 9.37. The summed E-state index contributed by atoms with van der Waals surface area (Å²) in [4.78, 5) is 6.58. The van der Waals surface area contributed by atoms with Gasteiger partial charge in [-0.25, -0.2) is 4.98 Å². The summed E-state index contributed by atoms with van der Waals surface area (Å²) in [6.07, 6.45) is 5.88. The molecule has 144 valence electrons. The summed E-state index contributed by atoms with van der Waals surface area (Å²) < 4.78 is 11.2. The maximum atomic E-state index is 9.76. The first-order valence-corrected chi connectivity index (χ1v) is 9.37. The van der Waals surface area contributed by atoms with Crippen LogP contribution in [0.25, 0.3) is 0 Å². The van der Waals surface area contributed by atoms with Crippen molar-refractivity contribution in [2.45, 2.75) is 45.1 Å². The van der Waals surface area contributed by atoms with Crippen LogP contribution in [0.4, 0.5) is 0 Å². The summed E-state index contributed by atoms with van der Waals surface area (Å²) >= 11 is 0. The second kappa shape index (κ2) is 8.75. The molecular weight excluding hydrogens is 342 g/mol. The molecule has 0 atom stereocenters. The van der Waals surface area contributed by atoms with Crippen LogP contribution < -0.4 is 9.47 Å². The van der Waals surface area contributed by atoms with Gasteiger partial charge in [0, 0.05) is 18.8 Å². The molecule has 0 bridgehead atoms. The van der Waals surface area contributed by atoms with Gasteiger partial charge in [0.05, 0.1) is 12.7 Å². The number of amidine groups is 1. The van der Waals surface area contributed by atoms with E-state index in [4.69, 9.17) is 9.47 Å². The van der Waals surface area contributed by atoms with Gasteiger partial charge in [0.15, 0.2) is 5.84 Å². The lowest BCUT2D eigenvalue weighted by atomic mass is 9.94. The van der Waals surface area contributed by atoms with E-state index >= 15 is 0 Å². The second-order valence-corrected chi connectivity index (χ2v) is 6.91. The van der Waals surface area contributed by atoms with Crippen LogP contribution >= 0.6 is 0 Å². The maximum absolute atomic E-state index is 9.76. The van der Waals surface area contributed by atoms with E-state index in [1.165, 1.54) is 19.3 Å². The molecule has 1 aliphatic carbocycles. The molecule has 0 radical (unpaired) electrons. The predicted molar refractivity (Wildman–Crippen MR) is 105 cm³/mol. The van der Waals surface area contributed by atoms with E-state index in [2.05, 4.69) is 10.1 Å². The van der Waals surface area contributed by atoms with E-state index in [0.29, 0.717) is 29.1 Å². The van der Waals surface area contributed by atoms with Gasteiger partial charge in [-0.3, -0.25) is 0 Å². The normalized spacial score (nSPS) is 15.4. The Morgan fingerprint density at radius 3 is 2.37 bits per heavy atom. The molecule has 6 heteroatoms. The molecule has 1 aromatic carbocycles. The van der Waals surface area contributed by atoms with Crippen LogP contribution in [-0.2, 0) is 0 Å². The lowest BCUT2D eigenvalue weighted by molar-refractivity contribution is 0.256. The highest BCUT2D eigenvalue weighted by molar-refractivity contribution is 6.00. The summed E-state index contributed by atoms with van der Waals surface area (Å²) in [5, 5.41) is 13.4. The maximum Gasteiger partial charge on any atom is 0.230 e. The van der Waals surface area contributed by atoms with Crippen molar-refractivity contribution in [3.8, 4) is 17.4 Å². The zero-order valence-corrected chi connectivity index (χ0v) is 16.2. The van der Waals surface area contributed by atoms with Crippen molar-refractivity contribution in [2.75, 3.05) is 14.2 Å². The number of aromatic nitrogens is 1. The predicted octanol–water partition coefficient (Wildman–Crippen LogP) is 4.59. The molecular formula is C21H27N3O3. The molecule has 1 aliphatic rings. The standard InChI is InChI=1S/C21H27N3O3/c1-15-9-14-19(20(23-25)24(2)16-7-5-4-6-8-16)21(22-15)27-18-12-10-17(26-3)11-13-18/h9-14,16,25H,4-8H2,1-3H3/b23-20-. The highest BCUT2D eigenvalue weighted by Crippen LogP contribution is 2.29. The molecule has 1 aromatic heterocycles.